The first-order valence-electron chi connectivity index (χ1n) is 4.16. The lowest BCUT2D eigenvalue weighted by Gasteiger charge is -2.18. The van der Waals surface area contributed by atoms with Crippen LogP contribution in [-0.2, 0) is 0 Å². The molecule has 0 bridgehead atoms. The Bertz CT molecular complexity index is 323. The van der Waals surface area contributed by atoms with Gasteiger partial charge < -0.3 is 10.4 Å². The largest absolute Gasteiger partial charge is 0.389 e. The third-order valence-electron chi connectivity index (χ3n) is 1.50. The van der Waals surface area contributed by atoms with Crippen LogP contribution in [0.2, 0.25) is 0 Å². The number of pyridine rings is 1. The first-order valence-corrected chi connectivity index (χ1v) is 4.16. The average Bonchev–Trinajstić information content (AvgIpc) is 2.00. The predicted octanol–water partition coefficient (Wildman–Crippen LogP) is 1.54. The van der Waals surface area contributed by atoms with Crippen LogP contribution < -0.4 is 5.32 Å². The summed E-state index contributed by atoms with van der Waals surface area (Å²) in [7, 11) is 0. The zero-order chi connectivity index (χ0) is 10.8. The molecule has 1 rings (SSSR count). The number of aromatic nitrogens is 1. The molecule has 14 heavy (non-hydrogen) atoms. The van der Waals surface area contributed by atoms with Gasteiger partial charge in [-0.3, -0.25) is 0 Å². The van der Waals surface area contributed by atoms with Crippen molar-refractivity contribution in [2.45, 2.75) is 19.4 Å². The molecule has 0 aliphatic carbocycles. The quantitative estimate of drug-likeness (QED) is 0.781. The highest BCUT2D eigenvalue weighted by Gasteiger charge is 2.13. The lowest BCUT2D eigenvalue weighted by molar-refractivity contribution is 0.0943. The molecule has 0 radical (unpaired) electrons. The van der Waals surface area contributed by atoms with E-state index in [4.69, 9.17) is 0 Å². The lowest BCUT2D eigenvalue weighted by atomic mass is 10.1. The molecule has 78 valence electrons. The van der Waals surface area contributed by atoms with Crippen molar-refractivity contribution in [3.05, 3.63) is 23.9 Å². The van der Waals surface area contributed by atoms with E-state index in [1.807, 2.05) is 0 Å². The van der Waals surface area contributed by atoms with Crippen LogP contribution >= 0.6 is 0 Å². The van der Waals surface area contributed by atoms with E-state index < -0.39 is 17.2 Å². The Hall–Kier alpha value is -1.23. The monoisotopic (exact) mass is 202 g/mol. The Morgan fingerprint density at radius 3 is 2.64 bits per heavy atom. The van der Waals surface area contributed by atoms with Crippen LogP contribution in [0.3, 0.4) is 0 Å². The second-order valence-electron chi connectivity index (χ2n) is 3.65. The minimum absolute atomic E-state index is 0.0616. The summed E-state index contributed by atoms with van der Waals surface area (Å²) < 4.78 is 25.4. The standard InChI is InChI=1S/C9H12F2N2O/c1-9(2,14)5-13-8-7(11)3-6(10)4-12-8/h3-4,14H,5H2,1-2H3,(H,12,13). The highest BCUT2D eigenvalue weighted by molar-refractivity contribution is 5.36. The van der Waals surface area contributed by atoms with Crippen LogP contribution in [0, 0.1) is 11.6 Å². The van der Waals surface area contributed by atoms with Gasteiger partial charge in [0.2, 0.25) is 0 Å². The Morgan fingerprint density at radius 1 is 1.50 bits per heavy atom. The van der Waals surface area contributed by atoms with Gasteiger partial charge in [0, 0.05) is 12.6 Å². The molecule has 0 saturated heterocycles. The lowest BCUT2D eigenvalue weighted by Crippen LogP contribution is -2.29. The molecule has 0 fully saturated rings. The number of halogens is 2. The van der Waals surface area contributed by atoms with Crippen molar-refractivity contribution in [1.29, 1.82) is 0 Å². The van der Waals surface area contributed by atoms with Crippen LogP contribution in [0.5, 0.6) is 0 Å². The Kier molecular flexibility index (Phi) is 3.00. The summed E-state index contributed by atoms with van der Waals surface area (Å²) in [6, 6.07) is 0.736. The third kappa shape index (κ3) is 3.26. The van der Waals surface area contributed by atoms with Crippen LogP contribution in [0.25, 0.3) is 0 Å². The Balaban J connectivity index is 2.68. The maximum Gasteiger partial charge on any atom is 0.168 e. The van der Waals surface area contributed by atoms with Gasteiger partial charge in [-0.2, -0.15) is 0 Å². The summed E-state index contributed by atoms with van der Waals surface area (Å²) in [5.74, 6) is -1.56. The van der Waals surface area contributed by atoms with Gasteiger partial charge in [0.1, 0.15) is 5.82 Å². The molecule has 0 aromatic carbocycles. The average molecular weight is 202 g/mol. The van der Waals surface area contributed by atoms with Crippen molar-refractivity contribution in [2.24, 2.45) is 0 Å². The van der Waals surface area contributed by atoms with Crippen LogP contribution in [0.1, 0.15) is 13.8 Å². The van der Waals surface area contributed by atoms with Crippen LogP contribution in [0.15, 0.2) is 12.3 Å². The SMILES string of the molecule is CC(C)(O)CNc1ncc(F)cc1F. The van der Waals surface area contributed by atoms with Gasteiger partial charge in [0.25, 0.3) is 0 Å². The molecule has 1 aromatic rings. The van der Waals surface area contributed by atoms with Crippen molar-refractivity contribution < 1.29 is 13.9 Å². The van der Waals surface area contributed by atoms with Crippen molar-refractivity contribution in [1.82, 2.24) is 4.98 Å². The maximum atomic E-state index is 13.0. The van der Waals surface area contributed by atoms with Gasteiger partial charge in [-0.1, -0.05) is 0 Å². The molecule has 2 N–H and O–H groups in total. The minimum Gasteiger partial charge on any atom is -0.389 e. The number of nitrogens with zero attached hydrogens (tertiary/aromatic N) is 1. The maximum absolute atomic E-state index is 13.0. The normalized spacial score (nSPS) is 11.5. The summed E-state index contributed by atoms with van der Waals surface area (Å²) in [4.78, 5) is 3.51. The first kappa shape index (κ1) is 10.8. The van der Waals surface area contributed by atoms with Crippen molar-refractivity contribution in [3.63, 3.8) is 0 Å². The summed E-state index contributed by atoms with van der Waals surface area (Å²) in [5.41, 5.74) is -0.970. The fraction of sp³-hybridized carbons (Fsp3) is 0.444. The van der Waals surface area contributed by atoms with E-state index in [0.717, 1.165) is 12.3 Å². The minimum atomic E-state index is -0.970. The molecule has 3 nitrogen and oxygen atoms in total. The molecule has 1 aromatic heterocycles. The molecule has 5 heteroatoms. The van der Waals surface area contributed by atoms with Gasteiger partial charge in [-0.15, -0.1) is 0 Å². The van der Waals surface area contributed by atoms with E-state index in [9.17, 15) is 13.9 Å². The fourth-order valence-electron chi connectivity index (χ4n) is 0.845. The van der Waals surface area contributed by atoms with Crippen molar-refractivity contribution in [3.8, 4) is 0 Å². The number of rotatable bonds is 3. The topological polar surface area (TPSA) is 45.1 Å². The highest BCUT2D eigenvalue weighted by atomic mass is 19.1. The highest BCUT2D eigenvalue weighted by Crippen LogP contribution is 2.12. The van der Waals surface area contributed by atoms with Gasteiger partial charge in [-0.25, -0.2) is 13.8 Å². The second-order valence-corrected chi connectivity index (χ2v) is 3.65. The molecule has 0 aliphatic heterocycles. The molecule has 0 saturated carbocycles. The number of anilines is 1. The number of aliphatic hydroxyl groups is 1. The summed E-state index contributed by atoms with van der Waals surface area (Å²) in [6.07, 6.45) is 0.912. The molecule has 0 amide bonds. The van der Waals surface area contributed by atoms with Gasteiger partial charge in [-0.05, 0) is 13.8 Å². The molecule has 0 atom stereocenters. The predicted molar refractivity (Wildman–Crippen MR) is 48.9 cm³/mol. The zero-order valence-corrected chi connectivity index (χ0v) is 8.01. The van der Waals surface area contributed by atoms with Crippen LogP contribution in [0.4, 0.5) is 14.6 Å². The molecule has 0 aliphatic rings. The summed E-state index contributed by atoms with van der Waals surface area (Å²) in [6.45, 7) is 3.28. The summed E-state index contributed by atoms with van der Waals surface area (Å²) in [5, 5.41) is 11.9. The van der Waals surface area contributed by atoms with E-state index in [1.54, 1.807) is 13.8 Å². The number of hydrogen-bond acceptors (Lipinski definition) is 3. The van der Waals surface area contributed by atoms with E-state index in [2.05, 4.69) is 10.3 Å². The number of nitrogens with one attached hydrogen (secondary N) is 1. The smallest absolute Gasteiger partial charge is 0.168 e. The van der Waals surface area contributed by atoms with E-state index in [1.165, 1.54) is 0 Å². The van der Waals surface area contributed by atoms with Crippen molar-refractivity contribution in [2.75, 3.05) is 11.9 Å². The van der Waals surface area contributed by atoms with Gasteiger partial charge >= 0.3 is 0 Å². The van der Waals surface area contributed by atoms with Gasteiger partial charge in [0.05, 0.1) is 11.8 Å². The molecule has 1 heterocycles. The zero-order valence-electron chi connectivity index (χ0n) is 8.01. The van der Waals surface area contributed by atoms with Crippen molar-refractivity contribution >= 4 is 5.82 Å². The molecule has 0 spiro atoms. The molecular formula is C9H12F2N2O. The first-order chi connectivity index (χ1) is 6.38. The van der Waals surface area contributed by atoms with Crippen LogP contribution in [-0.4, -0.2) is 22.2 Å². The summed E-state index contributed by atoms with van der Waals surface area (Å²) >= 11 is 0. The molecule has 0 unspecified atom stereocenters. The van der Waals surface area contributed by atoms with E-state index in [-0.39, 0.29) is 12.4 Å². The third-order valence-corrected chi connectivity index (χ3v) is 1.50. The Labute approximate surface area is 80.8 Å². The van der Waals surface area contributed by atoms with E-state index >= 15 is 0 Å². The molecular weight excluding hydrogens is 190 g/mol. The van der Waals surface area contributed by atoms with Gasteiger partial charge in [0.15, 0.2) is 11.6 Å². The Morgan fingerprint density at radius 2 is 2.14 bits per heavy atom. The number of hydrogen-bond donors (Lipinski definition) is 2. The van der Waals surface area contributed by atoms with E-state index in [0.29, 0.717) is 0 Å². The fourth-order valence-corrected chi connectivity index (χ4v) is 0.845. The second kappa shape index (κ2) is 3.88.